The third kappa shape index (κ3) is 3.76. The first-order valence-corrected chi connectivity index (χ1v) is 7.47. The van der Waals surface area contributed by atoms with E-state index in [0.717, 1.165) is 19.3 Å². The van der Waals surface area contributed by atoms with Gasteiger partial charge in [-0.15, -0.1) is 0 Å². The van der Waals surface area contributed by atoms with Crippen molar-refractivity contribution in [2.24, 2.45) is 5.92 Å². The number of hydrogen-bond acceptors (Lipinski definition) is 3. The molecule has 1 aliphatic carbocycles. The zero-order valence-corrected chi connectivity index (χ0v) is 10.8. The van der Waals surface area contributed by atoms with Crippen molar-refractivity contribution in [3.05, 3.63) is 0 Å². The molecule has 16 heavy (non-hydrogen) atoms. The van der Waals surface area contributed by atoms with E-state index in [2.05, 4.69) is 10.8 Å². The number of sulfonamides is 1. The summed E-state index contributed by atoms with van der Waals surface area (Å²) < 4.78 is 26.2. The second kappa shape index (κ2) is 5.15. The van der Waals surface area contributed by atoms with Crippen LogP contribution in [-0.4, -0.2) is 19.7 Å². The van der Waals surface area contributed by atoms with Crippen LogP contribution in [0.4, 0.5) is 0 Å². The van der Waals surface area contributed by atoms with Gasteiger partial charge in [-0.2, -0.15) is 9.98 Å². The minimum absolute atomic E-state index is 0.0804. The lowest BCUT2D eigenvalue weighted by Crippen LogP contribution is -2.49. The molecule has 0 aliphatic heterocycles. The summed E-state index contributed by atoms with van der Waals surface area (Å²) in [7, 11) is -3.32. The van der Waals surface area contributed by atoms with Gasteiger partial charge in [-0.05, 0) is 18.8 Å². The highest BCUT2D eigenvalue weighted by Gasteiger charge is 2.36. The van der Waals surface area contributed by atoms with Crippen molar-refractivity contribution in [3.63, 3.8) is 0 Å². The topological polar surface area (TPSA) is 70.0 Å². The smallest absolute Gasteiger partial charge is 0.212 e. The maximum atomic E-state index is 11.8. The summed E-state index contributed by atoms with van der Waals surface area (Å²) in [5, 5.41) is 9.16. The highest BCUT2D eigenvalue weighted by molar-refractivity contribution is 7.89. The van der Waals surface area contributed by atoms with Gasteiger partial charge in [0.25, 0.3) is 0 Å². The first-order valence-electron chi connectivity index (χ1n) is 5.82. The molecule has 1 aliphatic rings. The molecule has 1 rings (SSSR count). The van der Waals surface area contributed by atoms with Crippen LogP contribution in [0.25, 0.3) is 0 Å². The van der Waals surface area contributed by atoms with E-state index in [9.17, 15) is 8.42 Å². The monoisotopic (exact) mass is 244 g/mol. The first kappa shape index (κ1) is 13.5. The van der Waals surface area contributed by atoms with Crippen LogP contribution >= 0.6 is 0 Å². The zero-order chi connectivity index (χ0) is 12.2. The van der Waals surface area contributed by atoms with Crippen molar-refractivity contribution in [2.45, 2.75) is 51.5 Å². The molecule has 0 amide bonds. The largest absolute Gasteiger partial charge is 0.213 e. The Hall–Kier alpha value is -0.600. The molecule has 0 heterocycles. The fraction of sp³-hybridized carbons (Fsp3) is 0.909. The molecule has 92 valence electrons. The van der Waals surface area contributed by atoms with E-state index in [1.165, 1.54) is 0 Å². The Morgan fingerprint density at radius 3 is 2.31 bits per heavy atom. The molecule has 0 atom stereocenters. The predicted octanol–water partition coefficient (Wildman–Crippen LogP) is 1.79. The van der Waals surface area contributed by atoms with Crippen LogP contribution in [0.3, 0.4) is 0 Å². The first-order chi connectivity index (χ1) is 7.39. The van der Waals surface area contributed by atoms with Gasteiger partial charge in [0.2, 0.25) is 10.0 Å². The molecule has 4 nitrogen and oxygen atoms in total. The zero-order valence-electron chi connectivity index (χ0n) is 9.99. The average molecular weight is 244 g/mol. The van der Waals surface area contributed by atoms with Crippen molar-refractivity contribution < 1.29 is 8.42 Å². The van der Waals surface area contributed by atoms with Gasteiger partial charge in [-0.3, -0.25) is 0 Å². The number of nitrogens with one attached hydrogen (secondary N) is 1. The fourth-order valence-electron chi connectivity index (χ4n) is 2.17. The summed E-state index contributed by atoms with van der Waals surface area (Å²) in [5.74, 6) is 0.174. The molecular formula is C11H20N2O2S. The lowest BCUT2D eigenvalue weighted by molar-refractivity contribution is 0.337. The Kier molecular flexibility index (Phi) is 4.34. The Balaban J connectivity index is 2.73. The Labute approximate surface area is 98.1 Å². The van der Waals surface area contributed by atoms with Gasteiger partial charge in [0.15, 0.2) is 0 Å². The Morgan fingerprint density at radius 1 is 1.31 bits per heavy atom. The highest BCUT2D eigenvalue weighted by Crippen LogP contribution is 2.28. The van der Waals surface area contributed by atoms with Gasteiger partial charge in [-0.1, -0.05) is 33.1 Å². The number of hydrogen-bond donors (Lipinski definition) is 1. The van der Waals surface area contributed by atoms with Gasteiger partial charge in [-0.25, -0.2) is 8.42 Å². The summed E-state index contributed by atoms with van der Waals surface area (Å²) in [6.45, 7) is 3.72. The standard InChI is InChI=1S/C11H20N2O2S/c1-10(2)8-16(14,15)13-11(9-12)6-4-3-5-7-11/h10,13H,3-8H2,1-2H3. The van der Waals surface area contributed by atoms with E-state index in [1.54, 1.807) is 0 Å². The molecule has 0 aromatic carbocycles. The third-order valence-electron chi connectivity index (χ3n) is 2.82. The van der Waals surface area contributed by atoms with Crippen molar-refractivity contribution in [3.8, 4) is 6.07 Å². The predicted molar refractivity (Wildman–Crippen MR) is 63.2 cm³/mol. The lowest BCUT2D eigenvalue weighted by atomic mass is 9.84. The van der Waals surface area contributed by atoms with Crippen LogP contribution in [0.5, 0.6) is 0 Å². The van der Waals surface area contributed by atoms with Gasteiger partial charge in [0.05, 0.1) is 11.8 Å². The van der Waals surface area contributed by atoms with Crippen molar-refractivity contribution >= 4 is 10.0 Å². The molecule has 1 saturated carbocycles. The second-order valence-electron chi connectivity index (χ2n) is 5.03. The van der Waals surface area contributed by atoms with Crippen LogP contribution in [0.1, 0.15) is 46.0 Å². The van der Waals surface area contributed by atoms with Crippen LogP contribution in [0.2, 0.25) is 0 Å². The summed E-state index contributed by atoms with van der Waals surface area (Å²) in [6, 6.07) is 2.16. The number of rotatable bonds is 4. The fourth-order valence-corrected chi connectivity index (χ4v) is 3.98. The molecule has 5 heteroatoms. The Bertz CT molecular complexity index is 362. The van der Waals surface area contributed by atoms with Crippen LogP contribution in [0.15, 0.2) is 0 Å². The van der Waals surface area contributed by atoms with Crippen LogP contribution < -0.4 is 4.72 Å². The van der Waals surface area contributed by atoms with E-state index < -0.39 is 15.6 Å². The molecule has 0 aromatic heterocycles. The summed E-state index contributed by atoms with van der Waals surface area (Å²) >= 11 is 0. The molecule has 0 saturated heterocycles. The molecule has 0 spiro atoms. The molecule has 1 N–H and O–H groups in total. The molecule has 1 fully saturated rings. The van der Waals surface area contributed by atoms with Gasteiger partial charge in [0, 0.05) is 0 Å². The molecule has 0 aromatic rings. The minimum Gasteiger partial charge on any atom is -0.212 e. The van der Waals surface area contributed by atoms with Crippen molar-refractivity contribution in [1.29, 1.82) is 5.26 Å². The van der Waals surface area contributed by atoms with Gasteiger partial charge >= 0.3 is 0 Å². The average Bonchev–Trinajstić information content (AvgIpc) is 2.16. The van der Waals surface area contributed by atoms with E-state index in [1.807, 2.05) is 13.8 Å². The minimum atomic E-state index is -3.32. The van der Waals surface area contributed by atoms with E-state index in [0.29, 0.717) is 12.8 Å². The quantitative estimate of drug-likeness (QED) is 0.819. The van der Waals surface area contributed by atoms with Gasteiger partial charge in [0.1, 0.15) is 5.54 Å². The number of nitriles is 1. The number of nitrogens with zero attached hydrogens (tertiary/aromatic N) is 1. The molecule has 0 unspecified atom stereocenters. The van der Waals surface area contributed by atoms with Crippen LogP contribution in [-0.2, 0) is 10.0 Å². The highest BCUT2D eigenvalue weighted by atomic mass is 32.2. The van der Waals surface area contributed by atoms with E-state index in [4.69, 9.17) is 5.26 Å². The molecular weight excluding hydrogens is 224 g/mol. The Morgan fingerprint density at radius 2 is 1.88 bits per heavy atom. The SMILES string of the molecule is CC(C)CS(=O)(=O)NC1(C#N)CCCCC1. The molecule has 0 bridgehead atoms. The third-order valence-corrected chi connectivity index (χ3v) is 4.63. The molecule has 0 radical (unpaired) electrons. The maximum absolute atomic E-state index is 11.8. The lowest BCUT2D eigenvalue weighted by Gasteiger charge is -2.31. The maximum Gasteiger partial charge on any atom is 0.213 e. The van der Waals surface area contributed by atoms with Crippen molar-refractivity contribution in [1.82, 2.24) is 4.72 Å². The normalized spacial score (nSPS) is 20.6. The van der Waals surface area contributed by atoms with E-state index in [-0.39, 0.29) is 11.7 Å². The summed E-state index contributed by atoms with van der Waals surface area (Å²) in [4.78, 5) is 0. The second-order valence-corrected chi connectivity index (χ2v) is 6.80. The summed E-state index contributed by atoms with van der Waals surface area (Å²) in [6.07, 6.45) is 4.23. The van der Waals surface area contributed by atoms with Gasteiger partial charge < -0.3 is 0 Å². The van der Waals surface area contributed by atoms with Crippen molar-refractivity contribution in [2.75, 3.05) is 5.75 Å². The van der Waals surface area contributed by atoms with Crippen LogP contribution in [0, 0.1) is 17.2 Å². The summed E-state index contributed by atoms with van der Waals surface area (Å²) in [5.41, 5.74) is -0.841. The van der Waals surface area contributed by atoms with E-state index >= 15 is 0 Å².